The molecule has 77 valence electrons. The van der Waals surface area contributed by atoms with E-state index in [-0.39, 0.29) is 0 Å². The van der Waals surface area contributed by atoms with Gasteiger partial charge in [-0.25, -0.2) is 9.97 Å². The largest absolute Gasteiger partial charge is 0.213 e. The molecule has 0 atom stereocenters. The van der Waals surface area contributed by atoms with Crippen LogP contribution in [0.5, 0.6) is 0 Å². The normalized spacial score (nSPS) is 10.8. The SMILES string of the molecule is Cc1n[c]n2ncc(-c3ccccc3)c2n1. The maximum Gasteiger partial charge on any atom is 0.202 e. The molecule has 3 rings (SSSR count). The highest BCUT2D eigenvalue weighted by atomic mass is 15.3. The minimum Gasteiger partial charge on any atom is -0.213 e. The van der Waals surface area contributed by atoms with E-state index in [1.165, 1.54) is 0 Å². The van der Waals surface area contributed by atoms with Gasteiger partial charge in [-0.05, 0) is 12.5 Å². The van der Waals surface area contributed by atoms with Crippen molar-refractivity contribution in [2.45, 2.75) is 6.92 Å². The summed E-state index contributed by atoms with van der Waals surface area (Å²) in [5, 5.41) is 4.17. The van der Waals surface area contributed by atoms with Crippen LogP contribution < -0.4 is 0 Å². The van der Waals surface area contributed by atoms with Gasteiger partial charge >= 0.3 is 0 Å². The van der Waals surface area contributed by atoms with E-state index >= 15 is 0 Å². The fourth-order valence-electron chi connectivity index (χ4n) is 1.64. The van der Waals surface area contributed by atoms with Crippen molar-refractivity contribution < 1.29 is 0 Å². The van der Waals surface area contributed by atoms with Crippen LogP contribution in [0.4, 0.5) is 0 Å². The van der Waals surface area contributed by atoms with Crippen molar-refractivity contribution in [3.63, 3.8) is 0 Å². The minimum atomic E-state index is 0.699. The summed E-state index contributed by atoms with van der Waals surface area (Å²) in [6.07, 6.45) is 4.59. The molecule has 1 radical (unpaired) electrons. The van der Waals surface area contributed by atoms with Crippen LogP contribution in [0, 0.1) is 13.3 Å². The molecule has 4 nitrogen and oxygen atoms in total. The third-order valence-corrected chi connectivity index (χ3v) is 2.40. The van der Waals surface area contributed by atoms with Gasteiger partial charge in [0.05, 0.1) is 6.20 Å². The van der Waals surface area contributed by atoms with E-state index in [1.807, 2.05) is 37.3 Å². The van der Waals surface area contributed by atoms with Crippen molar-refractivity contribution in [2.75, 3.05) is 0 Å². The maximum absolute atomic E-state index is 4.37. The fraction of sp³-hybridized carbons (Fsp3) is 0.0833. The lowest BCUT2D eigenvalue weighted by molar-refractivity contribution is 0.858. The minimum absolute atomic E-state index is 0.699. The van der Waals surface area contributed by atoms with Gasteiger partial charge < -0.3 is 0 Å². The van der Waals surface area contributed by atoms with E-state index in [1.54, 1.807) is 10.7 Å². The first kappa shape index (κ1) is 9.03. The zero-order valence-corrected chi connectivity index (χ0v) is 8.75. The summed E-state index contributed by atoms with van der Waals surface area (Å²) in [7, 11) is 0. The summed E-state index contributed by atoms with van der Waals surface area (Å²) >= 11 is 0. The lowest BCUT2D eigenvalue weighted by atomic mass is 10.1. The topological polar surface area (TPSA) is 43.1 Å². The average Bonchev–Trinajstić information content (AvgIpc) is 2.73. The molecule has 0 spiro atoms. The van der Waals surface area contributed by atoms with Crippen LogP contribution in [0.25, 0.3) is 16.8 Å². The van der Waals surface area contributed by atoms with E-state index in [0.717, 1.165) is 16.8 Å². The number of hydrogen-bond donors (Lipinski definition) is 0. The summed E-state index contributed by atoms with van der Waals surface area (Å²) in [4.78, 5) is 8.35. The highest BCUT2D eigenvalue weighted by Gasteiger charge is 2.07. The predicted octanol–water partition coefficient (Wildman–Crippen LogP) is 1.90. The lowest BCUT2D eigenvalue weighted by Crippen LogP contribution is -1.96. The number of aryl methyl sites for hydroxylation is 1. The Kier molecular flexibility index (Phi) is 1.93. The van der Waals surface area contributed by atoms with E-state index in [9.17, 15) is 0 Å². The van der Waals surface area contributed by atoms with Gasteiger partial charge in [-0.15, -0.1) is 0 Å². The molecule has 16 heavy (non-hydrogen) atoms. The van der Waals surface area contributed by atoms with E-state index < -0.39 is 0 Å². The maximum atomic E-state index is 4.37. The molecule has 2 heterocycles. The second kappa shape index (κ2) is 3.41. The molecule has 0 aliphatic rings. The number of aromatic nitrogens is 4. The molecule has 1 aromatic carbocycles. The number of hydrogen-bond acceptors (Lipinski definition) is 3. The van der Waals surface area contributed by atoms with E-state index in [0.29, 0.717) is 5.82 Å². The van der Waals surface area contributed by atoms with Gasteiger partial charge in [-0.1, -0.05) is 30.3 Å². The molecular formula is C12H9N4. The van der Waals surface area contributed by atoms with Crippen LogP contribution in [0.15, 0.2) is 36.5 Å². The molecule has 0 amide bonds. The van der Waals surface area contributed by atoms with Crippen molar-refractivity contribution in [2.24, 2.45) is 0 Å². The Morgan fingerprint density at radius 3 is 2.81 bits per heavy atom. The summed E-state index contributed by atoms with van der Waals surface area (Å²) < 4.78 is 1.56. The molecule has 0 saturated heterocycles. The number of fused-ring (bicyclic) bond motifs is 1. The number of nitrogens with zero attached hydrogens (tertiary/aromatic N) is 4. The van der Waals surface area contributed by atoms with Gasteiger partial charge in [0.2, 0.25) is 6.33 Å². The summed E-state index contributed by atoms with van der Waals surface area (Å²) in [6.45, 7) is 1.85. The lowest BCUT2D eigenvalue weighted by Gasteiger charge is -1.98. The Balaban J connectivity index is 2.29. The van der Waals surface area contributed by atoms with Gasteiger partial charge in [0.25, 0.3) is 0 Å². The zero-order chi connectivity index (χ0) is 11.0. The van der Waals surface area contributed by atoms with Crippen molar-refractivity contribution in [3.8, 4) is 11.1 Å². The zero-order valence-electron chi connectivity index (χ0n) is 8.75. The molecule has 0 fully saturated rings. The molecule has 2 aromatic heterocycles. The third kappa shape index (κ3) is 1.35. The molecular weight excluding hydrogens is 200 g/mol. The summed E-state index contributed by atoms with van der Waals surface area (Å²) in [5.41, 5.74) is 2.89. The molecule has 0 saturated carbocycles. The molecule has 0 aliphatic carbocycles. The van der Waals surface area contributed by atoms with Gasteiger partial charge in [-0.3, -0.25) is 0 Å². The monoisotopic (exact) mass is 209 g/mol. The molecule has 3 aromatic rings. The molecule has 0 N–H and O–H groups in total. The smallest absolute Gasteiger partial charge is 0.202 e. The first-order chi connectivity index (χ1) is 7.84. The van der Waals surface area contributed by atoms with Crippen LogP contribution in [0.1, 0.15) is 5.82 Å². The Morgan fingerprint density at radius 1 is 1.19 bits per heavy atom. The van der Waals surface area contributed by atoms with Crippen molar-refractivity contribution in [1.82, 2.24) is 19.6 Å². The van der Waals surface area contributed by atoms with Crippen LogP contribution in [-0.4, -0.2) is 19.6 Å². The molecule has 0 unspecified atom stereocenters. The second-order valence-electron chi connectivity index (χ2n) is 3.53. The van der Waals surface area contributed by atoms with Crippen molar-refractivity contribution in [1.29, 1.82) is 0 Å². The first-order valence-electron chi connectivity index (χ1n) is 5.00. The second-order valence-corrected chi connectivity index (χ2v) is 3.53. The van der Waals surface area contributed by atoms with Crippen LogP contribution >= 0.6 is 0 Å². The van der Waals surface area contributed by atoms with Crippen LogP contribution in [0.2, 0.25) is 0 Å². The van der Waals surface area contributed by atoms with E-state index in [2.05, 4.69) is 21.4 Å². The fourth-order valence-corrected chi connectivity index (χ4v) is 1.64. The third-order valence-electron chi connectivity index (χ3n) is 2.40. The molecule has 0 aliphatic heterocycles. The van der Waals surface area contributed by atoms with Gasteiger partial charge in [0.1, 0.15) is 5.82 Å². The first-order valence-corrected chi connectivity index (χ1v) is 5.00. The van der Waals surface area contributed by atoms with Gasteiger partial charge in [0, 0.05) is 5.56 Å². The highest BCUT2D eigenvalue weighted by Crippen LogP contribution is 2.22. The van der Waals surface area contributed by atoms with Crippen LogP contribution in [0.3, 0.4) is 0 Å². The molecule has 0 bridgehead atoms. The Hall–Kier alpha value is -2.23. The predicted molar refractivity (Wildman–Crippen MR) is 59.8 cm³/mol. The van der Waals surface area contributed by atoms with E-state index in [4.69, 9.17) is 0 Å². The molecule has 4 heteroatoms. The van der Waals surface area contributed by atoms with Gasteiger partial charge in [0.15, 0.2) is 5.65 Å². The summed E-state index contributed by atoms with van der Waals surface area (Å²) in [6, 6.07) is 10.1. The Morgan fingerprint density at radius 2 is 2.00 bits per heavy atom. The highest BCUT2D eigenvalue weighted by molar-refractivity contribution is 5.76. The van der Waals surface area contributed by atoms with Crippen molar-refractivity contribution >= 4 is 5.65 Å². The van der Waals surface area contributed by atoms with Crippen LogP contribution in [-0.2, 0) is 0 Å². The quantitative estimate of drug-likeness (QED) is 0.614. The Bertz CT molecular complexity index is 628. The standard InChI is InChI=1S/C12H9N4/c1-9-13-8-16-12(15-9)11(7-14-16)10-5-3-2-4-6-10/h2-7H,1H3. The van der Waals surface area contributed by atoms with Crippen molar-refractivity contribution in [3.05, 3.63) is 48.7 Å². The Labute approximate surface area is 92.6 Å². The number of rotatable bonds is 1. The number of benzene rings is 1. The van der Waals surface area contributed by atoms with Gasteiger partial charge in [-0.2, -0.15) is 9.61 Å². The average molecular weight is 209 g/mol. The summed E-state index contributed by atoms with van der Waals surface area (Å²) in [5.74, 6) is 0.699.